The van der Waals surface area contributed by atoms with Crippen LogP contribution in [0.25, 0.3) is 16.6 Å². The Hall–Kier alpha value is -3.44. The fourth-order valence-corrected chi connectivity index (χ4v) is 4.52. The Bertz CT molecular complexity index is 1260. The summed E-state index contributed by atoms with van der Waals surface area (Å²) in [5.74, 6) is 0.812. The van der Waals surface area contributed by atoms with Gasteiger partial charge in [-0.3, -0.25) is 4.79 Å². The van der Waals surface area contributed by atoms with Crippen LogP contribution in [0.3, 0.4) is 0 Å². The van der Waals surface area contributed by atoms with Crippen molar-refractivity contribution in [3.05, 3.63) is 89.6 Å². The van der Waals surface area contributed by atoms with Gasteiger partial charge in [-0.2, -0.15) is 0 Å². The minimum absolute atomic E-state index is 0.0368. The van der Waals surface area contributed by atoms with Crippen molar-refractivity contribution in [3.63, 3.8) is 0 Å². The Balaban J connectivity index is 1.46. The topological polar surface area (TPSA) is 37.7 Å². The molecule has 1 aromatic heterocycles. The van der Waals surface area contributed by atoms with Crippen LogP contribution < -0.4 is 9.64 Å². The van der Waals surface area contributed by atoms with Crippen LogP contribution in [-0.2, 0) is 0 Å². The molecule has 1 aliphatic rings. The summed E-state index contributed by atoms with van der Waals surface area (Å²) in [5, 5.41) is 1.71. The van der Waals surface area contributed by atoms with Crippen molar-refractivity contribution in [2.45, 2.75) is 0 Å². The number of para-hydroxylation sites is 1. The summed E-state index contributed by atoms with van der Waals surface area (Å²) in [6, 6.07) is 25.8. The third-order valence-electron chi connectivity index (χ3n) is 5.98. The van der Waals surface area contributed by atoms with Crippen LogP contribution in [0.5, 0.6) is 5.75 Å². The Morgan fingerprint density at radius 3 is 2.31 bits per heavy atom. The van der Waals surface area contributed by atoms with E-state index in [1.165, 1.54) is 0 Å². The Labute approximate surface area is 192 Å². The molecule has 0 radical (unpaired) electrons. The van der Waals surface area contributed by atoms with Gasteiger partial charge in [0.25, 0.3) is 5.91 Å². The van der Waals surface area contributed by atoms with Gasteiger partial charge in [-0.05, 0) is 54.6 Å². The number of anilines is 1. The molecule has 0 unspecified atom stereocenters. The van der Waals surface area contributed by atoms with Crippen molar-refractivity contribution in [3.8, 4) is 11.4 Å². The second kappa shape index (κ2) is 8.60. The van der Waals surface area contributed by atoms with Gasteiger partial charge in [0.15, 0.2) is 0 Å². The van der Waals surface area contributed by atoms with Crippen LogP contribution in [0.4, 0.5) is 5.69 Å². The predicted molar refractivity (Wildman–Crippen MR) is 129 cm³/mol. The van der Waals surface area contributed by atoms with Gasteiger partial charge in [-0.15, -0.1) is 0 Å². The molecule has 4 aromatic rings. The number of carbonyl (C=O) groups is 1. The zero-order valence-electron chi connectivity index (χ0n) is 17.9. The lowest BCUT2D eigenvalue weighted by atomic mass is 10.2. The summed E-state index contributed by atoms with van der Waals surface area (Å²) >= 11 is 6.16. The highest BCUT2D eigenvalue weighted by Gasteiger charge is 2.26. The van der Waals surface area contributed by atoms with E-state index < -0.39 is 0 Å². The number of benzene rings is 3. The maximum atomic E-state index is 13.6. The quantitative estimate of drug-likeness (QED) is 0.430. The molecule has 1 fully saturated rings. The van der Waals surface area contributed by atoms with Crippen LogP contribution in [0, 0.1) is 0 Å². The largest absolute Gasteiger partial charge is 0.497 e. The lowest BCUT2D eigenvalue weighted by Crippen LogP contribution is -2.49. The van der Waals surface area contributed by atoms with E-state index in [4.69, 9.17) is 16.3 Å². The molecule has 2 heterocycles. The molecule has 1 amide bonds. The first-order chi connectivity index (χ1) is 15.6. The Kier molecular flexibility index (Phi) is 5.50. The first-order valence-corrected chi connectivity index (χ1v) is 11.1. The van der Waals surface area contributed by atoms with Crippen LogP contribution in [0.1, 0.15) is 10.5 Å². The average molecular weight is 446 g/mol. The molecule has 5 nitrogen and oxygen atoms in total. The smallest absolute Gasteiger partial charge is 0.270 e. The zero-order chi connectivity index (χ0) is 22.1. The van der Waals surface area contributed by atoms with E-state index in [1.807, 2.05) is 82.3 Å². The predicted octanol–water partition coefficient (Wildman–Crippen LogP) is 5.25. The third-order valence-corrected chi connectivity index (χ3v) is 6.22. The number of carbonyl (C=O) groups excluding carboxylic acids is 1. The third kappa shape index (κ3) is 3.80. The van der Waals surface area contributed by atoms with Crippen molar-refractivity contribution in [2.75, 3.05) is 38.2 Å². The summed E-state index contributed by atoms with van der Waals surface area (Å²) in [6.07, 6.45) is 0. The van der Waals surface area contributed by atoms with Crippen molar-refractivity contribution >= 4 is 34.1 Å². The summed E-state index contributed by atoms with van der Waals surface area (Å²) in [5.41, 5.74) is 3.71. The molecule has 1 saturated heterocycles. The number of hydrogen-bond donors (Lipinski definition) is 0. The summed E-state index contributed by atoms with van der Waals surface area (Å²) in [6.45, 7) is 2.85. The van der Waals surface area contributed by atoms with E-state index in [-0.39, 0.29) is 5.91 Å². The highest BCUT2D eigenvalue weighted by molar-refractivity contribution is 6.30. The second-order valence-electron chi connectivity index (χ2n) is 7.88. The van der Waals surface area contributed by atoms with Gasteiger partial charge < -0.3 is 19.1 Å². The minimum Gasteiger partial charge on any atom is -0.497 e. The highest BCUT2D eigenvalue weighted by Crippen LogP contribution is 2.29. The van der Waals surface area contributed by atoms with E-state index in [2.05, 4.69) is 11.0 Å². The number of aromatic nitrogens is 1. The first-order valence-electron chi connectivity index (χ1n) is 10.7. The molecule has 0 N–H and O–H groups in total. The summed E-state index contributed by atoms with van der Waals surface area (Å²) in [7, 11) is 1.65. The van der Waals surface area contributed by atoms with Crippen LogP contribution in [0.15, 0.2) is 78.9 Å². The average Bonchev–Trinajstić information content (AvgIpc) is 3.23. The summed E-state index contributed by atoms with van der Waals surface area (Å²) in [4.78, 5) is 17.9. The molecule has 5 rings (SSSR count). The zero-order valence-corrected chi connectivity index (χ0v) is 18.6. The normalized spacial score (nSPS) is 14.1. The number of hydrogen-bond acceptors (Lipinski definition) is 3. The van der Waals surface area contributed by atoms with Gasteiger partial charge in [-0.1, -0.05) is 35.9 Å². The molecule has 32 heavy (non-hydrogen) atoms. The van der Waals surface area contributed by atoms with Crippen LogP contribution in [0.2, 0.25) is 5.02 Å². The molecule has 6 heteroatoms. The van der Waals surface area contributed by atoms with E-state index in [9.17, 15) is 4.79 Å². The van der Waals surface area contributed by atoms with E-state index >= 15 is 0 Å². The van der Waals surface area contributed by atoms with Gasteiger partial charge in [-0.25, -0.2) is 0 Å². The second-order valence-corrected chi connectivity index (χ2v) is 8.32. The number of amides is 1. The fraction of sp³-hybridized carbons (Fsp3) is 0.192. The molecule has 0 aliphatic carbocycles. The van der Waals surface area contributed by atoms with Gasteiger partial charge in [0.05, 0.1) is 12.6 Å². The Morgan fingerprint density at radius 2 is 1.59 bits per heavy atom. The van der Waals surface area contributed by atoms with E-state index in [1.54, 1.807) is 7.11 Å². The molecule has 3 aromatic carbocycles. The number of piperazine rings is 1. The number of fused-ring (bicyclic) bond motifs is 1. The van der Waals surface area contributed by atoms with Crippen molar-refractivity contribution in [1.82, 2.24) is 9.47 Å². The fourth-order valence-electron chi connectivity index (χ4n) is 4.34. The lowest BCUT2D eigenvalue weighted by molar-refractivity contribution is 0.0739. The molecule has 0 spiro atoms. The molecule has 162 valence electrons. The standard InChI is InChI=1S/C26H24ClN3O2/c1-32-23-10-11-24-19(16-23)17-25(30(24)21-7-3-2-4-8-21)26(31)29-14-12-28(13-15-29)22-9-5-6-20(27)18-22/h2-11,16-18H,12-15H2,1H3. The number of ether oxygens (including phenoxy) is 1. The van der Waals surface area contributed by atoms with Crippen molar-refractivity contribution < 1.29 is 9.53 Å². The maximum absolute atomic E-state index is 13.6. The van der Waals surface area contributed by atoms with Crippen LogP contribution in [-0.4, -0.2) is 48.7 Å². The monoisotopic (exact) mass is 445 g/mol. The molecule has 1 aliphatic heterocycles. The highest BCUT2D eigenvalue weighted by atomic mass is 35.5. The number of nitrogens with zero attached hydrogens (tertiary/aromatic N) is 3. The van der Waals surface area contributed by atoms with Crippen molar-refractivity contribution in [2.24, 2.45) is 0 Å². The minimum atomic E-state index is 0.0368. The van der Waals surface area contributed by atoms with Gasteiger partial charge in [0.1, 0.15) is 11.4 Å². The van der Waals surface area contributed by atoms with Gasteiger partial charge in [0, 0.05) is 48.0 Å². The molecular formula is C26H24ClN3O2. The molecule has 0 saturated carbocycles. The lowest BCUT2D eigenvalue weighted by Gasteiger charge is -2.36. The Morgan fingerprint density at radius 1 is 0.844 bits per heavy atom. The number of rotatable bonds is 4. The van der Waals surface area contributed by atoms with Crippen LogP contribution >= 0.6 is 11.6 Å². The number of methoxy groups -OCH3 is 1. The maximum Gasteiger partial charge on any atom is 0.270 e. The van der Waals surface area contributed by atoms with Crippen molar-refractivity contribution in [1.29, 1.82) is 0 Å². The van der Waals surface area contributed by atoms with E-state index in [0.29, 0.717) is 18.8 Å². The van der Waals surface area contributed by atoms with E-state index in [0.717, 1.165) is 46.1 Å². The van der Waals surface area contributed by atoms with Gasteiger partial charge in [0.2, 0.25) is 0 Å². The summed E-state index contributed by atoms with van der Waals surface area (Å²) < 4.78 is 7.44. The first kappa shape index (κ1) is 20.5. The molecular weight excluding hydrogens is 422 g/mol. The molecule has 0 atom stereocenters. The SMILES string of the molecule is COc1ccc2c(c1)cc(C(=O)N1CCN(c3cccc(Cl)c3)CC1)n2-c1ccccc1. The number of halogens is 1. The van der Waals surface area contributed by atoms with Gasteiger partial charge >= 0.3 is 0 Å². The molecule has 0 bridgehead atoms.